The van der Waals surface area contributed by atoms with Crippen molar-refractivity contribution in [2.45, 2.75) is 25.0 Å². The zero-order valence-corrected chi connectivity index (χ0v) is 5.62. The van der Waals surface area contributed by atoms with Crippen molar-refractivity contribution >= 4 is 5.97 Å². The van der Waals surface area contributed by atoms with Crippen LogP contribution in [0.5, 0.6) is 0 Å². The first-order valence-corrected chi connectivity index (χ1v) is 3.31. The lowest BCUT2D eigenvalue weighted by Gasteiger charge is -2.13. The molecule has 1 fully saturated rings. The number of esters is 1. The molecule has 3 N–H and O–H groups in total. The van der Waals surface area contributed by atoms with Gasteiger partial charge >= 0.3 is 5.97 Å². The molecule has 0 spiro atoms. The van der Waals surface area contributed by atoms with Crippen LogP contribution in [0.25, 0.3) is 0 Å². The number of carbonyl (C=O) groups is 1. The molecule has 10 heavy (non-hydrogen) atoms. The van der Waals surface area contributed by atoms with E-state index in [1.165, 1.54) is 0 Å². The Morgan fingerprint density at radius 1 is 1.90 bits per heavy atom. The normalized spacial score (nSPS) is 28.2. The summed E-state index contributed by atoms with van der Waals surface area (Å²) in [6.07, 6.45) is -0.0530. The van der Waals surface area contributed by atoms with Gasteiger partial charge in [0.25, 0.3) is 0 Å². The van der Waals surface area contributed by atoms with Gasteiger partial charge in [0.05, 0.1) is 0 Å². The predicted octanol–water partition coefficient (Wildman–Crippen LogP) is -0.988. The smallest absolute Gasteiger partial charge is 0.306 e. The molecule has 0 amide bonds. The fraction of sp³-hybridized carbons (Fsp3) is 0.833. The first-order valence-electron chi connectivity index (χ1n) is 3.31. The third-order valence-corrected chi connectivity index (χ3v) is 1.59. The molecular weight excluding hydrogens is 134 g/mol. The van der Waals surface area contributed by atoms with E-state index in [1.807, 2.05) is 0 Å². The number of hydrogen-bond acceptors (Lipinski definition) is 4. The van der Waals surface area contributed by atoms with Crippen molar-refractivity contribution in [2.24, 2.45) is 5.73 Å². The zero-order chi connectivity index (χ0) is 7.56. The molecular formula is C6H11NO3. The molecule has 1 aliphatic rings. The minimum atomic E-state index is -0.688. The van der Waals surface area contributed by atoms with Gasteiger partial charge in [0, 0.05) is 13.0 Å². The number of cyclic esters (lactones) is 1. The number of rotatable bonds is 2. The highest BCUT2D eigenvalue weighted by Gasteiger charge is 2.28. The number of carbonyl (C=O) groups excluding carboxylic acids is 1. The summed E-state index contributed by atoms with van der Waals surface area (Å²) in [7, 11) is 0. The third kappa shape index (κ3) is 1.46. The van der Waals surface area contributed by atoms with Gasteiger partial charge in [0.2, 0.25) is 0 Å². The maximum atomic E-state index is 10.5. The van der Waals surface area contributed by atoms with Gasteiger partial charge in [-0.1, -0.05) is 0 Å². The molecule has 0 saturated carbocycles. The molecule has 0 aromatic rings. The average Bonchev–Trinajstić information content (AvgIpc) is 2.34. The summed E-state index contributed by atoms with van der Waals surface area (Å²) < 4.78 is 4.75. The average molecular weight is 145 g/mol. The first-order chi connectivity index (χ1) is 4.74. The Morgan fingerprint density at radius 3 is 3.00 bits per heavy atom. The summed E-state index contributed by atoms with van der Waals surface area (Å²) in [5.74, 6) is -0.238. The molecule has 0 aromatic heterocycles. The standard InChI is InChI=1S/C6H11NO3/c7-3-4(8)5-1-2-6(9)10-5/h4-5,8H,1-3,7H2. The summed E-state index contributed by atoms with van der Waals surface area (Å²) in [5, 5.41) is 9.07. The van der Waals surface area contributed by atoms with Crippen molar-refractivity contribution < 1.29 is 14.6 Å². The SMILES string of the molecule is NCC(O)C1CCC(=O)O1. The van der Waals surface area contributed by atoms with Gasteiger partial charge in [-0.15, -0.1) is 0 Å². The lowest BCUT2D eigenvalue weighted by Crippen LogP contribution is -2.32. The summed E-state index contributed by atoms with van der Waals surface area (Å²) in [5.41, 5.74) is 5.16. The van der Waals surface area contributed by atoms with E-state index in [0.717, 1.165) is 0 Å². The first kappa shape index (κ1) is 7.50. The van der Waals surface area contributed by atoms with Crippen molar-refractivity contribution in [3.8, 4) is 0 Å². The maximum absolute atomic E-state index is 10.5. The Labute approximate surface area is 59.0 Å². The number of hydrogen-bond donors (Lipinski definition) is 2. The molecule has 0 bridgehead atoms. The molecule has 0 aliphatic carbocycles. The fourth-order valence-electron chi connectivity index (χ4n) is 0.970. The second-order valence-corrected chi connectivity index (χ2v) is 2.37. The molecule has 2 unspecified atom stereocenters. The third-order valence-electron chi connectivity index (χ3n) is 1.59. The van der Waals surface area contributed by atoms with E-state index < -0.39 is 6.10 Å². The van der Waals surface area contributed by atoms with Crippen LogP contribution >= 0.6 is 0 Å². The number of nitrogens with two attached hydrogens (primary N) is 1. The Bertz CT molecular complexity index is 137. The van der Waals surface area contributed by atoms with Gasteiger partial charge in [0.1, 0.15) is 12.2 Å². The van der Waals surface area contributed by atoms with Crippen LogP contribution in [0.3, 0.4) is 0 Å². The molecule has 0 radical (unpaired) electrons. The lowest BCUT2D eigenvalue weighted by molar-refractivity contribution is -0.145. The van der Waals surface area contributed by atoms with E-state index in [0.29, 0.717) is 12.8 Å². The fourth-order valence-corrected chi connectivity index (χ4v) is 0.970. The quantitative estimate of drug-likeness (QED) is 0.489. The second-order valence-electron chi connectivity index (χ2n) is 2.37. The van der Waals surface area contributed by atoms with E-state index in [4.69, 9.17) is 15.6 Å². The van der Waals surface area contributed by atoms with Crippen LogP contribution in [-0.2, 0) is 9.53 Å². The van der Waals surface area contributed by atoms with Gasteiger partial charge in [-0.05, 0) is 6.42 Å². The maximum Gasteiger partial charge on any atom is 0.306 e. The van der Waals surface area contributed by atoms with E-state index in [1.54, 1.807) is 0 Å². The summed E-state index contributed by atoms with van der Waals surface area (Å²) in [6, 6.07) is 0. The minimum absolute atomic E-state index is 0.151. The molecule has 4 nitrogen and oxygen atoms in total. The number of aliphatic hydroxyl groups is 1. The largest absolute Gasteiger partial charge is 0.460 e. The minimum Gasteiger partial charge on any atom is -0.460 e. The van der Waals surface area contributed by atoms with Crippen molar-refractivity contribution in [1.82, 2.24) is 0 Å². The lowest BCUT2D eigenvalue weighted by atomic mass is 10.1. The molecule has 1 aliphatic heterocycles. The van der Waals surface area contributed by atoms with Crippen LogP contribution in [0.2, 0.25) is 0 Å². The van der Waals surface area contributed by atoms with E-state index in [9.17, 15) is 4.79 Å². The Hall–Kier alpha value is -0.610. The molecule has 1 saturated heterocycles. The molecule has 1 rings (SSSR count). The highest BCUT2D eigenvalue weighted by molar-refractivity contribution is 5.71. The molecule has 1 heterocycles. The molecule has 4 heteroatoms. The van der Waals surface area contributed by atoms with Crippen LogP contribution in [0, 0.1) is 0 Å². The van der Waals surface area contributed by atoms with Crippen LogP contribution in [0.4, 0.5) is 0 Å². The van der Waals surface area contributed by atoms with Gasteiger partial charge in [-0.2, -0.15) is 0 Å². The summed E-state index contributed by atoms with van der Waals surface area (Å²) in [4.78, 5) is 10.5. The molecule has 2 atom stereocenters. The Balaban J connectivity index is 2.36. The summed E-state index contributed by atoms with van der Waals surface area (Å²) in [6.45, 7) is 0.151. The number of ether oxygens (including phenoxy) is 1. The predicted molar refractivity (Wildman–Crippen MR) is 34.2 cm³/mol. The topological polar surface area (TPSA) is 72.5 Å². The number of aliphatic hydroxyl groups excluding tert-OH is 1. The van der Waals surface area contributed by atoms with E-state index in [-0.39, 0.29) is 18.6 Å². The van der Waals surface area contributed by atoms with Gasteiger partial charge in [-0.3, -0.25) is 4.79 Å². The van der Waals surface area contributed by atoms with Crippen molar-refractivity contribution in [2.75, 3.05) is 6.54 Å². The van der Waals surface area contributed by atoms with Gasteiger partial charge in [0.15, 0.2) is 0 Å². The van der Waals surface area contributed by atoms with E-state index >= 15 is 0 Å². The van der Waals surface area contributed by atoms with Gasteiger partial charge in [-0.25, -0.2) is 0 Å². The molecule has 58 valence electrons. The highest BCUT2D eigenvalue weighted by Crippen LogP contribution is 2.16. The molecule has 0 aromatic carbocycles. The van der Waals surface area contributed by atoms with Crippen LogP contribution in [0.15, 0.2) is 0 Å². The highest BCUT2D eigenvalue weighted by atomic mass is 16.6. The second kappa shape index (κ2) is 2.98. The van der Waals surface area contributed by atoms with Crippen LogP contribution in [-0.4, -0.2) is 29.8 Å². The monoisotopic (exact) mass is 145 g/mol. The van der Waals surface area contributed by atoms with Crippen molar-refractivity contribution in [3.05, 3.63) is 0 Å². The van der Waals surface area contributed by atoms with Crippen LogP contribution in [0.1, 0.15) is 12.8 Å². The Kier molecular flexibility index (Phi) is 2.24. The summed E-state index contributed by atoms with van der Waals surface area (Å²) >= 11 is 0. The van der Waals surface area contributed by atoms with Gasteiger partial charge < -0.3 is 15.6 Å². The Morgan fingerprint density at radius 2 is 2.60 bits per heavy atom. The van der Waals surface area contributed by atoms with Crippen LogP contribution < -0.4 is 5.73 Å². The zero-order valence-electron chi connectivity index (χ0n) is 5.62. The van der Waals surface area contributed by atoms with E-state index in [2.05, 4.69) is 0 Å². The van der Waals surface area contributed by atoms with Crippen molar-refractivity contribution in [1.29, 1.82) is 0 Å². The van der Waals surface area contributed by atoms with Crippen molar-refractivity contribution in [3.63, 3.8) is 0 Å².